The van der Waals surface area contributed by atoms with Gasteiger partial charge in [0.05, 0.1) is 24.3 Å². The van der Waals surface area contributed by atoms with Crippen LogP contribution in [0.15, 0.2) is 30.3 Å². The molecule has 1 fully saturated rings. The Kier molecular flexibility index (Phi) is 3.63. The molecule has 2 atom stereocenters. The van der Waals surface area contributed by atoms with Crippen LogP contribution in [0.4, 0.5) is 10.8 Å². The predicted octanol–water partition coefficient (Wildman–Crippen LogP) is 3.01. The maximum absolute atomic E-state index is 6.10. The Morgan fingerprint density at radius 2 is 2.05 bits per heavy atom. The molecule has 20 heavy (non-hydrogen) atoms. The second-order valence-electron chi connectivity index (χ2n) is 5.26. The summed E-state index contributed by atoms with van der Waals surface area (Å²) in [6, 6.07) is 10.6. The van der Waals surface area contributed by atoms with Gasteiger partial charge in [0.25, 0.3) is 0 Å². The van der Waals surface area contributed by atoms with Crippen LogP contribution < -0.4 is 10.6 Å². The molecule has 1 aromatic carbocycles. The minimum atomic E-state index is 0.234. The lowest BCUT2D eigenvalue weighted by Crippen LogP contribution is -2.47. The first kappa shape index (κ1) is 13.4. The molecule has 1 aliphatic rings. The Labute approximate surface area is 123 Å². The van der Waals surface area contributed by atoms with Crippen LogP contribution in [0.3, 0.4) is 0 Å². The van der Waals surface area contributed by atoms with Crippen molar-refractivity contribution in [1.29, 1.82) is 0 Å². The SMILES string of the molecule is CC1CN(c2snc(N)c2-c2ccccc2)C(C)CO1. The summed E-state index contributed by atoms with van der Waals surface area (Å²) in [4.78, 5) is 2.37. The third-order valence-electron chi connectivity index (χ3n) is 3.63. The lowest BCUT2D eigenvalue weighted by Gasteiger charge is -2.37. The van der Waals surface area contributed by atoms with E-state index < -0.39 is 0 Å². The number of rotatable bonds is 2. The summed E-state index contributed by atoms with van der Waals surface area (Å²) in [6.07, 6.45) is 0.234. The maximum Gasteiger partial charge on any atom is 0.147 e. The van der Waals surface area contributed by atoms with Gasteiger partial charge in [0.1, 0.15) is 10.8 Å². The van der Waals surface area contributed by atoms with Gasteiger partial charge in [-0.15, -0.1) is 0 Å². The normalized spacial score (nSPS) is 23.0. The standard InChI is InChI=1S/C15H19N3OS/c1-10-9-19-11(2)8-18(10)15-13(14(16)17-20-15)12-6-4-3-5-7-12/h3-7,10-11H,8-9H2,1-2H3,(H2,16,17). The quantitative estimate of drug-likeness (QED) is 0.923. The molecule has 1 aromatic heterocycles. The molecule has 1 aliphatic heterocycles. The molecule has 0 aliphatic carbocycles. The number of morpholine rings is 1. The van der Waals surface area contributed by atoms with Crippen molar-refractivity contribution in [2.75, 3.05) is 23.8 Å². The van der Waals surface area contributed by atoms with Crippen LogP contribution in [0.25, 0.3) is 11.1 Å². The minimum Gasteiger partial charge on any atom is -0.382 e. The molecule has 5 heteroatoms. The zero-order chi connectivity index (χ0) is 14.1. The minimum absolute atomic E-state index is 0.234. The van der Waals surface area contributed by atoms with Crippen LogP contribution in [-0.4, -0.2) is 29.7 Å². The van der Waals surface area contributed by atoms with Crippen molar-refractivity contribution in [2.24, 2.45) is 0 Å². The van der Waals surface area contributed by atoms with Crippen LogP contribution in [-0.2, 0) is 4.74 Å². The molecular formula is C15H19N3OS. The van der Waals surface area contributed by atoms with Gasteiger partial charge in [0.15, 0.2) is 0 Å². The van der Waals surface area contributed by atoms with Gasteiger partial charge >= 0.3 is 0 Å². The molecule has 0 bridgehead atoms. The van der Waals surface area contributed by atoms with E-state index in [1.807, 2.05) is 18.2 Å². The second kappa shape index (κ2) is 5.42. The van der Waals surface area contributed by atoms with Crippen molar-refractivity contribution in [2.45, 2.75) is 26.0 Å². The average Bonchev–Trinajstić information content (AvgIpc) is 2.84. The highest BCUT2D eigenvalue weighted by molar-refractivity contribution is 7.11. The van der Waals surface area contributed by atoms with Crippen LogP contribution in [0.5, 0.6) is 0 Å². The monoisotopic (exact) mass is 289 g/mol. The van der Waals surface area contributed by atoms with Gasteiger partial charge < -0.3 is 15.4 Å². The summed E-state index contributed by atoms with van der Waals surface area (Å²) < 4.78 is 10.1. The number of benzene rings is 1. The third-order valence-corrected chi connectivity index (χ3v) is 4.53. The molecule has 2 unspecified atom stereocenters. The van der Waals surface area contributed by atoms with Gasteiger partial charge in [-0.2, -0.15) is 4.37 Å². The average molecular weight is 289 g/mol. The fraction of sp³-hybridized carbons (Fsp3) is 0.400. The zero-order valence-electron chi connectivity index (χ0n) is 11.7. The van der Waals surface area contributed by atoms with Crippen molar-refractivity contribution in [3.63, 3.8) is 0 Å². The lowest BCUT2D eigenvalue weighted by molar-refractivity contribution is 0.0347. The maximum atomic E-state index is 6.10. The first-order valence-electron chi connectivity index (χ1n) is 6.85. The molecule has 0 spiro atoms. The summed E-state index contributed by atoms with van der Waals surface area (Å²) in [6.45, 7) is 5.90. The smallest absolute Gasteiger partial charge is 0.147 e. The molecule has 0 saturated carbocycles. The van der Waals surface area contributed by atoms with Gasteiger partial charge in [-0.05, 0) is 30.9 Å². The first-order valence-corrected chi connectivity index (χ1v) is 7.63. The largest absolute Gasteiger partial charge is 0.382 e. The Morgan fingerprint density at radius 1 is 1.30 bits per heavy atom. The van der Waals surface area contributed by atoms with Gasteiger partial charge in [0.2, 0.25) is 0 Å². The molecule has 3 rings (SSSR count). The number of hydrogen-bond acceptors (Lipinski definition) is 5. The van der Waals surface area contributed by atoms with Crippen molar-refractivity contribution >= 4 is 22.4 Å². The number of anilines is 2. The number of nitrogens with two attached hydrogens (primary N) is 1. The number of hydrogen-bond donors (Lipinski definition) is 1. The van der Waals surface area contributed by atoms with Crippen LogP contribution in [0.1, 0.15) is 13.8 Å². The Balaban J connectivity index is 2.02. The van der Waals surface area contributed by atoms with E-state index in [0.29, 0.717) is 11.9 Å². The van der Waals surface area contributed by atoms with E-state index in [0.717, 1.165) is 29.3 Å². The molecule has 0 radical (unpaired) electrons. The van der Waals surface area contributed by atoms with Gasteiger partial charge in [-0.25, -0.2) is 0 Å². The molecule has 106 valence electrons. The number of nitrogen functional groups attached to an aromatic ring is 1. The van der Waals surface area contributed by atoms with Crippen molar-refractivity contribution in [3.05, 3.63) is 30.3 Å². The third kappa shape index (κ3) is 2.39. The van der Waals surface area contributed by atoms with Crippen LogP contribution in [0, 0.1) is 0 Å². The molecule has 2 N–H and O–H groups in total. The second-order valence-corrected chi connectivity index (χ2v) is 6.01. The number of aromatic nitrogens is 1. The van der Waals surface area contributed by atoms with E-state index in [1.165, 1.54) is 11.5 Å². The van der Waals surface area contributed by atoms with Crippen molar-refractivity contribution in [3.8, 4) is 11.1 Å². The molecule has 2 aromatic rings. The summed E-state index contributed by atoms with van der Waals surface area (Å²) in [5.74, 6) is 0.613. The summed E-state index contributed by atoms with van der Waals surface area (Å²) >= 11 is 1.48. The Hall–Kier alpha value is -1.59. The Bertz CT molecular complexity index is 584. The molecule has 0 amide bonds. The first-order chi connectivity index (χ1) is 9.66. The van der Waals surface area contributed by atoms with Crippen molar-refractivity contribution in [1.82, 2.24) is 4.37 Å². The lowest BCUT2D eigenvalue weighted by atomic mass is 10.1. The van der Waals surface area contributed by atoms with Crippen LogP contribution in [0.2, 0.25) is 0 Å². The predicted molar refractivity (Wildman–Crippen MR) is 84.2 cm³/mol. The topological polar surface area (TPSA) is 51.4 Å². The molecule has 4 nitrogen and oxygen atoms in total. The van der Waals surface area contributed by atoms with E-state index in [9.17, 15) is 0 Å². The number of nitrogens with zero attached hydrogens (tertiary/aromatic N) is 2. The van der Waals surface area contributed by atoms with E-state index in [4.69, 9.17) is 10.5 Å². The highest BCUT2D eigenvalue weighted by Gasteiger charge is 2.28. The highest BCUT2D eigenvalue weighted by Crippen LogP contribution is 2.40. The Morgan fingerprint density at radius 3 is 2.80 bits per heavy atom. The van der Waals surface area contributed by atoms with Gasteiger partial charge in [-0.1, -0.05) is 30.3 Å². The van der Waals surface area contributed by atoms with E-state index in [2.05, 4.69) is 35.3 Å². The molecule has 2 heterocycles. The van der Waals surface area contributed by atoms with Gasteiger partial charge in [-0.3, -0.25) is 0 Å². The van der Waals surface area contributed by atoms with Crippen LogP contribution >= 0.6 is 11.5 Å². The van der Waals surface area contributed by atoms with Gasteiger partial charge in [0, 0.05) is 6.54 Å². The number of ether oxygens (including phenoxy) is 1. The highest BCUT2D eigenvalue weighted by atomic mass is 32.1. The molecular weight excluding hydrogens is 270 g/mol. The van der Waals surface area contributed by atoms with E-state index in [-0.39, 0.29) is 6.10 Å². The fourth-order valence-electron chi connectivity index (χ4n) is 2.55. The van der Waals surface area contributed by atoms with E-state index in [1.54, 1.807) is 0 Å². The van der Waals surface area contributed by atoms with E-state index >= 15 is 0 Å². The zero-order valence-corrected chi connectivity index (χ0v) is 12.6. The fourth-order valence-corrected chi connectivity index (χ4v) is 3.50. The molecule has 1 saturated heterocycles. The summed E-state index contributed by atoms with van der Waals surface area (Å²) in [5, 5.41) is 1.15. The van der Waals surface area contributed by atoms with Crippen molar-refractivity contribution < 1.29 is 4.74 Å². The summed E-state index contributed by atoms with van der Waals surface area (Å²) in [5.41, 5.74) is 8.28. The summed E-state index contributed by atoms with van der Waals surface area (Å²) in [7, 11) is 0.